The first-order valence-electron chi connectivity index (χ1n) is 10.3. The molecule has 0 saturated heterocycles. The molecule has 2 N–H and O–H groups in total. The quantitative estimate of drug-likeness (QED) is 0.232. The molecule has 2 aromatic carbocycles. The van der Waals surface area contributed by atoms with E-state index in [-0.39, 0.29) is 17.3 Å². The van der Waals surface area contributed by atoms with Crippen LogP contribution in [0, 0.1) is 11.3 Å². The van der Waals surface area contributed by atoms with Crippen LogP contribution in [0.2, 0.25) is 0 Å². The van der Waals surface area contributed by atoms with Gasteiger partial charge in [0.15, 0.2) is 5.69 Å². The second-order valence-corrected chi connectivity index (χ2v) is 7.29. The molecule has 0 aliphatic heterocycles. The number of carbonyl (C=O) groups is 1. The van der Waals surface area contributed by atoms with E-state index in [9.17, 15) is 4.79 Å². The van der Waals surface area contributed by atoms with Gasteiger partial charge in [-0.2, -0.15) is 10.4 Å². The summed E-state index contributed by atoms with van der Waals surface area (Å²) in [5.41, 5.74) is 3.50. The van der Waals surface area contributed by atoms with Crippen LogP contribution >= 0.6 is 0 Å². The van der Waals surface area contributed by atoms with Gasteiger partial charge in [0.1, 0.15) is 23.3 Å². The van der Waals surface area contributed by atoms with E-state index in [2.05, 4.69) is 32.2 Å². The minimum atomic E-state index is -0.389. The van der Waals surface area contributed by atoms with Crippen molar-refractivity contribution in [1.82, 2.24) is 15.2 Å². The number of aromatic nitrogens is 3. The number of rotatable bonds is 7. The minimum Gasteiger partial charge on any atom is -0.456 e. The van der Waals surface area contributed by atoms with E-state index in [1.165, 1.54) is 18.5 Å². The average molecular weight is 448 g/mol. The van der Waals surface area contributed by atoms with Gasteiger partial charge in [-0.1, -0.05) is 24.3 Å². The van der Waals surface area contributed by atoms with E-state index in [0.717, 1.165) is 16.7 Å². The van der Waals surface area contributed by atoms with E-state index < -0.39 is 0 Å². The summed E-state index contributed by atoms with van der Waals surface area (Å²) < 4.78 is 5.91. The van der Waals surface area contributed by atoms with Gasteiger partial charge in [-0.25, -0.2) is 4.98 Å². The number of aromatic amines is 1. The summed E-state index contributed by atoms with van der Waals surface area (Å²) in [6, 6.07) is 20.2. The lowest BCUT2D eigenvalue weighted by atomic mass is 10.0. The number of hydrogen-bond donors (Lipinski definition) is 2. The molecule has 4 rings (SSSR count). The monoisotopic (exact) mass is 448 g/mol. The summed E-state index contributed by atoms with van der Waals surface area (Å²) in [6.07, 6.45) is 4.82. The maximum Gasteiger partial charge on any atom is 0.276 e. The SMILES string of the molecule is C=N/C=C(\C=C(/C)c1ccc2[nH]nc(C(=O)Nc3ccc(C#N)nc3)c2c1)Oc1ccccc1. The highest BCUT2D eigenvalue weighted by molar-refractivity contribution is 6.11. The van der Waals surface area contributed by atoms with Crippen molar-refractivity contribution in [2.24, 2.45) is 4.99 Å². The summed E-state index contributed by atoms with van der Waals surface area (Å²) in [7, 11) is 0. The van der Waals surface area contributed by atoms with Crippen LogP contribution in [-0.2, 0) is 0 Å². The molecule has 0 bridgehead atoms. The molecule has 1 amide bonds. The van der Waals surface area contributed by atoms with Gasteiger partial charge in [0.2, 0.25) is 0 Å². The van der Waals surface area contributed by atoms with Crippen molar-refractivity contribution in [2.45, 2.75) is 6.92 Å². The maximum absolute atomic E-state index is 12.8. The van der Waals surface area contributed by atoms with Gasteiger partial charge >= 0.3 is 0 Å². The maximum atomic E-state index is 12.8. The number of aliphatic imine (C=N–C) groups is 1. The Kier molecular flexibility index (Phi) is 6.56. The number of pyridine rings is 1. The second-order valence-electron chi connectivity index (χ2n) is 7.29. The third-order valence-corrected chi connectivity index (χ3v) is 4.93. The number of benzene rings is 2. The van der Waals surface area contributed by atoms with Gasteiger partial charge in [0.05, 0.1) is 23.6 Å². The number of carbonyl (C=O) groups excluding carboxylic acids is 1. The number of nitrogens with zero attached hydrogens (tertiary/aromatic N) is 4. The molecular formula is C26H20N6O2. The zero-order valence-electron chi connectivity index (χ0n) is 18.3. The molecule has 0 unspecified atom stereocenters. The van der Waals surface area contributed by atoms with E-state index in [1.807, 2.05) is 67.6 Å². The molecular weight excluding hydrogens is 428 g/mol. The van der Waals surface area contributed by atoms with Crippen LogP contribution in [0.3, 0.4) is 0 Å². The summed E-state index contributed by atoms with van der Waals surface area (Å²) in [4.78, 5) is 20.6. The number of anilines is 1. The molecule has 8 nitrogen and oxygen atoms in total. The van der Waals surface area contributed by atoms with E-state index in [4.69, 9.17) is 10.00 Å². The Bertz CT molecular complexity index is 1440. The van der Waals surface area contributed by atoms with E-state index >= 15 is 0 Å². The first-order chi connectivity index (χ1) is 16.6. The Morgan fingerprint density at radius 2 is 2.03 bits per heavy atom. The molecule has 0 radical (unpaired) electrons. The Balaban J connectivity index is 1.60. The van der Waals surface area contributed by atoms with E-state index in [0.29, 0.717) is 22.6 Å². The standard InChI is InChI=1S/C26H20N6O2/c1-17(12-22(16-28-2)34-21-6-4-3-5-7-21)18-8-11-24-23(13-18)25(32-31-24)26(33)30-20-10-9-19(14-27)29-15-20/h3-13,15-16H,2H2,1H3,(H,30,33)(H,31,32)/b17-12+,22-16+. The van der Waals surface area contributed by atoms with Crippen molar-refractivity contribution in [2.75, 3.05) is 5.32 Å². The number of hydrogen-bond acceptors (Lipinski definition) is 6. The van der Waals surface area contributed by atoms with Gasteiger partial charge in [-0.3, -0.25) is 14.9 Å². The van der Waals surface area contributed by atoms with Gasteiger partial charge in [-0.05, 0) is 67.3 Å². The number of ether oxygens (including phenoxy) is 1. The molecule has 0 fully saturated rings. The van der Waals surface area contributed by atoms with Crippen LogP contribution in [-0.4, -0.2) is 27.8 Å². The van der Waals surface area contributed by atoms with Gasteiger partial charge < -0.3 is 10.1 Å². The van der Waals surface area contributed by atoms with Crippen molar-refractivity contribution >= 4 is 34.8 Å². The molecule has 8 heteroatoms. The topological polar surface area (TPSA) is 116 Å². The van der Waals surface area contributed by atoms with Crippen LogP contribution in [0.15, 0.2) is 89.9 Å². The fourth-order valence-corrected chi connectivity index (χ4v) is 3.26. The number of H-pyrrole nitrogens is 1. The van der Waals surface area contributed by atoms with Crippen LogP contribution < -0.4 is 10.1 Å². The van der Waals surface area contributed by atoms with Crippen molar-refractivity contribution < 1.29 is 9.53 Å². The van der Waals surface area contributed by atoms with Crippen LogP contribution in [0.25, 0.3) is 16.5 Å². The fourth-order valence-electron chi connectivity index (χ4n) is 3.26. The highest BCUT2D eigenvalue weighted by Gasteiger charge is 2.15. The van der Waals surface area contributed by atoms with Crippen LogP contribution in [0.4, 0.5) is 5.69 Å². The highest BCUT2D eigenvalue weighted by Crippen LogP contribution is 2.25. The summed E-state index contributed by atoms with van der Waals surface area (Å²) in [5.74, 6) is 0.820. The van der Waals surface area contributed by atoms with Crippen LogP contribution in [0.1, 0.15) is 28.7 Å². The summed E-state index contributed by atoms with van der Waals surface area (Å²) in [5, 5.41) is 19.4. The van der Waals surface area contributed by atoms with Gasteiger partial charge in [0.25, 0.3) is 5.91 Å². The average Bonchev–Trinajstić information content (AvgIpc) is 3.29. The molecule has 0 saturated carbocycles. The Morgan fingerprint density at radius 3 is 2.74 bits per heavy atom. The molecule has 34 heavy (non-hydrogen) atoms. The highest BCUT2D eigenvalue weighted by atomic mass is 16.5. The molecule has 0 aliphatic rings. The predicted molar refractivity (Wildman–Crippen MR) is 131 cm³/mol. The molecule has 166 valence electrons. The molecule has 0 spiro atoms. The molecule has 0 atom stereocenters. The summed E-state index contributed by atoms with van der Waals surface area (Å²) in [6.45, 7) is 5.46. The molecule has 4 aromatic rings. The zero-order valence-corrected chi connectivity index (χ0v) is 18.3. The number of allylic oxidation sites excluding steroid dienone is 2. The second kappa shape index (κ2) is 10.1. The number of amides is 1. The lowest BCUT2D eigenvalue weighted by molar-refractivity contribution is 0.102. The lowest BCUT2D eigenvalue weighted by Gasteiger charge is -2.08. The van der Waals surface area contributed by atoms with Crippen molar-refractivity contribution in [3.63, 3.8) is 0 Å². The smallest absolute Gasteiger partial charge is 0.276 e. The normalized spacial score (nSPS) is 11.6. The van der Waals surface area contributed by atoms with Crippen molar-refractivity contribution in [3.8, 4) is 11.8 Å². The minimum absolute atomic E-state index is 0.248. The number of fused-ring (bicyclic) bond motifs is 1. The number of nitriles is 1. The molecule has 2 aromatic heterocycles. The number of para-hydroxylation sites is 1. The first kappa shape index (κ1) is 22.2. The Labute approximate surface area is 195 Å². The molecule has 0 aliphatic carbocycles. The third-order valence-electron chi connectivity index (χ3n) is 4.93. The Hall–Kier alpha value is -5.03. The zero-order chi connectivity index (χ0) is 23.9. The molecule has 2 heterocycles. The van der Waals surface area contributed by atoms with Crippen molar-refractivity contribution in [1.29, 1.82) is 5.26 Å². The fraction of sp³-hybridized carbons (Fsp3) is 0.0385. The van der Waals surface area contributed by atoms with E-state index in [1.54, 1.807) is 6.07 Å². The third kappa shape index (κ3) is 5.06. The summed E-state index contributed by atoms with van der Waals surface area (Å²) >= 11 is 0. The first-order valence-corrected chi connectivity index (χ1v) is 10.3. The Morgan fingerprint density at radius 1 is 1.21 bits per heavy atom. The van der Waals surface area contributed by atoms with Gasteiger partial charge in [-0.15, -0.1) is 0 Å². The van der Waals surface area contributed by atoms with Crippen molar-refractivity contribution in [3.05, 3.63) is 102 Å². The largest absolute Gasteiger partial charge is 0.456 e. The predicted octanol–water partition coefficient (Wildman–Crippen LogP) is 5.11. The van der Waals surface area contributed by atoms with Gasteiger partial charge in [0, 0.05) is 5.39 Å². The lowest BCUT2D eigenvalue weighted by Crippen LogP contribution is -2.13. The number of nitrogens with one attached hydrogen (secondary N) is 2. The van der Waals surface area contributed by atoms with Crippen LogP contribution in [0.5, 0.6) is 5.75 Å².